The highest BCUT2D eigenvalue weighted by Gasteiger charge is 2.48. The van der Waals surface area contributed by atoms with E-state index in [1.807, 2.05) is 12.1 Å². The Labute approximate surface area is 121 Å². The van der Waals surface area contributed by atoms with Crippen LogP contribution in [-0.2, 0) is 11.8 Å². The first-order valence-electron chi connectivity index (χ1n) is 8.14. The van der Waals surface area contributed by atoms with Crippen LogP contribution in [0.15, 0.2) is 18.2 Å². The van der Waals surface area contributed by atoms with Crippen molar-refractivity contribution in [2.75, 3.05) is 13.1 Å². The Morgan fingerprint density at radius 1 is 1.35 bits per heavy atom. The van der Waals surface area contributed by atoms with Gasteiger partial charge in [0.05, 0.1) is 0 Å². The monoisotopic (exact) mass is 271 g/mol. The molecular weight excluding hydrogens is 246 g/mol. The Balaban J connectivity index is 1.71. The third-order valence-corrected chi connectivity index (χ3v) is 6.29. The van der Waals surface area contributed by atoms with Crippen molar-refractivity contribution in [1.82, 2.24) is 4.90 Å². The Bertz CT molecular complexity index is 536. The quantitative estimate of drug-likeness (QED) is 0.892. The van der Waals surface area contributed by atoms with Crippen LogP contribution in [-0.4, -0.2) is 29.1 Å². The lowest BCUT2D eigenvalue weighted by molar-refractivity contribution is 0.0283. The van der Waals surface area contributed by atoms with Gasteiger partial charge in [0.2, 0.25) is 0 Å². The van der Waals surface area contributed by atoms with E-state index in [1.165, 1.54) is 43.5 Å². The van der Waals surface area contributed by atoms with E-state index >= 15 is 0 Å². The molecule has 4 rings (SSSR count). The van der Waals surface area contributed by atoms with Gasteiger partial charge in [-0.15, -0.1) is 0 Å². The maximum absolute atomic E-state index is 9.81. The van der Waals surface area contributed by atoms with E-state index in [-0.39, 0.29) is 0 Å². The molecule has 2 nitrogen and oxygen atoms in total. The lowest BCUT2D eigenvalue weighted by Crippen LogP contribution is -2.58. The van der Waals surface area contributed by atoms with Gasteiger partial charge in [0.15, 0.2) is 0 Å². The van der Waals surface area contributed by atoms with Crippen LogP contribution in [0.3, 0.4) is 0 Å². The molecule has 0 radical (unpaired) electrons. The molecule has 2 heteroatoms. The summed E-state index contributed by atoms with van der Waals surface area (Å²) in [4.78, 5) is 2.75. The number of hydrogen-bond acceptors (Lipinski definition) is 2. The van der Waals surface area contributed by atoms with Crippen LogP contribution in [0.4, 0.5) is 0 Å². The van der Waals surface area contributed by atoms with E-state index in [1.54, 1.807) is 0 Å². The molecule has 0 aromatic heterocycles. The largest absolute Gasteiger partial charge is 0.508 e. The number of phenols is 1. The molecule has 108 valence electrons. The summed E-state index contributed by atoms with van der Waals surface area (Å²) in [5.41, 5.74) is 3.17. The molecule has 3 atom stereocenters. The van der Waals surface area contributed by atoms with Crippen molar-refractivity contribution in [3.8, 4) is 5.75 Å². The predicted molar refractivity (Wildman–Crippen MR) is 81.0 cm³/mol. The first-order chi connectivity index (χ1) is 9.58. The van der Waals surface area contributed by atoms with E-state index in [2.05, 4.69) is 24.8 Å². The van der Waals surface area contributed by atoms with Gasteiger partial charge in [0.1, 0.15) is 5.75 Å². The van der Waals surface area contributed by atoms with E-state index in [0.717, 1.165) is 12.3 Å². The number of hydrogen-bond donors (Lipinski definition) is 1. The van der Waals surface area contributed by atoms with E-state index in [9.17, 15) is 5.11 Å². The van der Waals surface area contributed by atoms with Crippen LogP contribution in [0.5, 0.6) is 5.75 Å². The van der Waals surface area contributed by atoms with Gasteiger partial charge in [0, 0.05) is 12.6 Å². The number of piperidine rings is 1. The van der Waals surface area contributed by atoms with Gasteiger partial charge in [-0.05, 0) is 72.7 Å². The van der Waals surface area contributed by atoms with Gasteiger partial charge < -0.3 is 5.11 Å². The minimum Gasteiger partial charge on any atom is -0.508 e. The standard InChI is InChI=1S/C18H25NO/c1-12-17-10-14-9-15(20)5-6-16(14)18(12,2)7-8-19(17)11-13-3-4-13/h5-6,9,12-13,17,20H,3-4,7-8,10-11H2,1-2H3/t12-,17+,18+/m0/s1. The maximum atomic E-state index is 9.81. The lowest BCUT2D eigenvalue weighted by Gasteiger charge is -2.54. The van der Waals surface area contributed by atoms with Crippen LogP contribution in [0, 0.1) is 11.8 Å². The number of aromatic hydroxyl groups is 1. The van der Waals surface area contributed by atoms with Crippen LogP contribution in [0.25, 0.3) is 0 Å². The molecule has 2 aliphatic carbocycles. The first-order valence-corrected chi connectivity index (χ1v) is 8.14. The zero-order chi connectivity index (χ0) is 13.9. The summed E-state index contributed by atoms with van der Waals surface area (Å²) in [5, 5.41) is 9.81. The number of likely N-dealkylation sites (tertiary alicyclic amines) is 1. The Hall–Kier alpha value is -1.02. The highest BCUT2D eigenvalue weighted by atomic mass is 16.3. The first kappa shape index (κ1) is 12.7. The Morgan fingerprint density at radius 2 is 2.15 bits per heavy atom. The third-order valence-electron chi connectivity index (χ3n) is 6.29. The molecule has 0 amide bonds. The summed E-state index contributed by atoms with van der Waals surface area (Å²) in [7, 11) is 0. The fourth-order valence-corrected chi connectivity index (χ4v) is 4.59. The molecule has 20 heavy (non-hydrogen) atoms. The van der Waals surface area contributed by atoms with Crippen molar-refractivity contribution in [3.05, 3.63) is 29.3 Å². The molecule has 1 saturated heterocycles. The van der Waals surface area contributed by atoms with Gasteiger partial charge in [-0.2, -0.15) is 0 Å². The van der Waals surface area contributed by atoms with E-state index < -0.39 is 0 Å². The molecule has 3 aliphatic rings. The summed E-state index contributed by atoms with van der Waals surface area (Å²) >= 11 is 0. The van der Waals surface area contributed by atoms with E-state index in [4.69, 9.17) is 0 Å². The average molecular weight is 271 g/mol. The van der Waals surface area contributed by atoms with Crippen molar-refractivity contribution >= 4 is 0 Å². The lowest BCUT2D eigenvalue weighted by atomic mass is 9.59. The maximum Gasteiger partial charge on any atom is 0.115 e. The van der Waals surface area contributed by atoms with Gasteiger partial charge in [-0.1, -0.05) is 19.9 Å². The number of rotatable bonds is 2. The second kappa shape index (κ2) is 4.24. The fraction of sp³-hybridized carbons (Fsp3) is 0.667. The normalized spacial score (nSPS) is 36.7. The fourth-order valence-electron chi connectivity index (χ4n) is 4.59. The smallest absolute Gasteiger partial charge is 0.115 e. The molecular formula is C18H25NO. The summed E-state index contributed by atoms with van der Waals surface area (Å²) in [6.07, 6.45) is 5.25. The van der Waals surface area contributed by atoms with Crippen molar-refractivity contribution < 1.29 is 5.11 Å². The summed E-state index contributed by atoms with van der Waals surface area (Å²) < 4.78 is 0. The number of fused-ring (bicyclic) bond motifs is 4. The zero-order valence-electron chi connectivity index (χ0n) is 12.6. The Morgan fingerprint density at radius 3 is 2.90 bits per heavy atom. The molecule has 1 N–H and O–H groups in total. The van der Waals surface area contributed by atoms with Gasteiger partial charge in [-0.3, -0.25) is 4.90 Å². The highest BCUT2D eigenvalue weighted by molar-refractivity contribution is 5.43. The molecule has 2 fully saturated rings. The van der Waals surface area contributed by atoms with Gasteiger partial charge in [0.25, 0.3) is 0 Å². The van der Waals surface area contributed by atoms with Crippen molar-refractivity contribution in [3.63, 3.8) is 0 Å². The van der Waals surface area contributed by atoms with E-state index in [0.29, 0.717) is 23.1 Å². The zero-order valence-corrected chi connectivity index (χ0v) is 12.6. The molecule has 1 aromatic rings. The van der Waals surface area contributed by atoms with Crippen LogP contribution < -0.4 is 0 Å². The topological polar surface area (TPSA) is 23.5 Å². The summed E-state index contributed by atoms with van der Waals surface area (Å²) in [5.74, 6) is 2.11. The predicted octanol–water partition coefficient (Wildman–Crippen LogP) is 3.33. The minimum absolute atomic E-state index is 0.298. The Kier molecular flexibility index (Phi) is 2.69. The van der Waals surface area contributed by atoms with Crippen molar-refractivity contribution in [1.29, 1.82) is 0 Å². The number of phenolic OH excluding ortho intramolecular Hbond substituents is 1. The second-order valence-corrected chi connectivity index (χ2v) is 7.51. The van der Waals surface area contributed by atoms with Crippen molar-refractivity contribution in [2.24, 2.45) is 11.8 Å². The number of nitrogens with zero attached hydrogens (tertiary/aromatic N) is 1. The molecule has 0 spiro atoms. The highest BCUT2D eigenvalue weighted by Crippen LogP contribution is 2.49. The van der Waals surface area contributed by atoms with Crippen LogP contribution in [0.2, 0.25) is 0 Å². The third kappa shape index (κ3) is 1.81. The summed E-state index contributed by atoms with van der Waals surface area (Å²) in [6.45, 7) is 7.44. The molecule has 2 bridgehead atoms. The molecule has 0 unspecified atom stereocenters. The van der Waals surface area contributed by atoms with Crippen molar-refractivity contribution in [2.45, 2.75) is 51.0 Å². The minimum atomic E-state index is 0.298. The average Bonchev–Trinajstić information content (AvgIpc) is 3.21. The van der Waals surface area contributed by atoms with Gasteiger partial charge >= 0.3 is 0 Å². The molecule has 1 saturated carbocycles. The second-order valence-electron chi connectivity index (χ2n) is 7.51. The van der Waals surface area contributed by atoms with Crippen LogP contribution in [0.1, 0.15) is 44.2 Å². The molecule has 1 aromatic carbocycles. The summed E-state index contributed by atoms with van der Waals surface area (Å²) in [6, 6.07) is 6.72. The van der Waals surface area contributed by atoms with Gasteiger partial charge in [-0.25, -0.2) is 0 Å². The SMILES string of the molecule is C[C@H]1[C@H]2Cc3cc(O)ccc3[C@]1(C)CCN2CC1CC1. The molecule has 1 aliphatic heterocycles. The number of benzene rings is 1. The molecule has 1 heterocycles. The van der Waals surface area contributed by atoms with Crippen LogP contribution >= 0.6 is 0 Å².